The number of aryl methyl sites for hydroxylation is 1. The molecule has 0 aromatic carbocycles. The molecule has 1 heterocycles. The van der Waals surface area contributed by atoms with Crippen molar-refractivity contribution in [2.45, 2.75) is 33.6 Å². The second kappa shape index (κ2) is 7.28. The van der Waals surface area contributed by atoms with Gasteiger partial charge in [-0.3, -0.25) is 4.68 Å². The fourth-order valence-corrected chi connectivity index (χ4v) is 1.78. The van der Waals surface area contributed by atoms with Crippen LogP contribution in [0.1, 0.15) is 33.0 Å². The zero-order valence-electron chi connectivity index (χ0n) is 10.7. The van der Waals surface area contributed by atoms with Gasteiger partial charge in [0, 0.05) is 25.4 Å². The second-order valence-corrected chi connectivity index (χ2v) is 3.86. The van der Waals surface area contributed by atoms with Gasteiger partial charge in [0.15, 0.2) is 0 Å². The number of hydrogen-bond donors (Lipinski definition) is 1. The van der Waals surface area contributed by atoms with Crippen LogP contribution in [-0.4, -0.2) is 40.7 Å². The Hall–Kier alpha value is -1.03. The monoisotopic (exact) mass is 224 g/mol. The SMILES string of the molecule is CCc1nccn1NCCCN(CC)CC. The molecule has 0 atom stereocenters. The van der Waals surface area contributed by atoms with E-state index >= 15 is 0 Å². The van der Waals surface area contributed by atoms with Gasteiger partial charge in [-0.15, -0.1) is 0 Å². The van der Waals surface area contributed by atoms with Crippen LogP contribution in [0.4, 0.5) is 0 Å². The Morgan fingerprint density at radius 3 is 2.69 bits per heavy atom. The lowest BCUT2D eigenvalue weighted by Crippen LogP contribution is -2.27. The molecular weight excluding hydrogens is 200 g/mol. The van der Waals surface area contributed by atoms with Crippen molar-refractivity contribution in [1.82, 2.24) is 14.6 Å². The molecule has 0 amide bonds. The first-order valence-electron chi connectivity index (χ1n) is 6.30. The third kappa shape index (κ3) is 3.85. The molecule has 0 fully saturated rings. The highest BCUT2D eigenvalue weighted by Gasteiger charge is 2.00. The maximum atomic E-state index is 4.27. The Kier molecular flexibility index (Phi) is 5.93. The lowest BCUT2D eigenvalue weighted by molar-refractivity contribution is 0.302. The van der Waals surface area contributed by atoms with Gasteiger partial charge in [0.25, 0.3) is 0 Å². The van der Waals surface area contributed by atoms with Gasteiger partial charge in [-0.05, 0) is 26.1 Å². The Morgan fingerprint density at radius 1 is 1.31 bits per heavy atom. The molecule has 0 unspecified atom stereocenters. The van der Waals surface area contributed by atoms with Crippen molar-refractivity contribution in [2.24, 2.45) is 0 Å². The van der Waals surface area contributed by atoms with E-state index in [2.05, 4.69) is 36.1 Å². The maximum absolute atomic E-state index is 4.27. The van der Waals surface area contributed by atoms with Gasteiger partial charge in [0.05, 0.1) is 0 Å². The molecule has 0 aliphatic rings. The first kappa shape index (κ1) is 13.0. The van der Waals surface area contributed by atoms with Crippen LogP contribution < -0.4 is 5.43 Å². The topological polar surface area (TPSA) is 33.1 Å². The molecule has 92 valence electrons. The van der Waals surface area contributed by atoms with Crippen molar-refractivity contribution in [1.29, 1.82) is 0 Å². The summed E-state index contributed by atoms with van der Waals surface area (Å²) in [4.78, 5) is 6.71. The third-order valence-corrected chi connectivity index (χ3v) is 2.86. The van der Waals surface area contributed by atoms with Crippen LogP contribution in [0.5, 0.6) is 0 Å². The van der Waals surface area contributed by atoms with Gasteiger partial charge in [-0.2, -0.15) is 0 Å². The van der Waals surface area contributed by atoms with E-state index in [-0.39, 0.29) is 0 Å². The molecular formula is C12H24N4. The van der Waals surface area contributed by atoms with Crippen molar-refractivity contribution in [3.63, 3.8) is 0 Å². The Labute approximate surface area is 98.6 Å². The number of imidazole rings is 1. The fraction of sp³-hybridized carbons (Fsp3) is 0.750. The molecule has 1 N–H and O–H groups in total. The molecule has 0 spiro atoms. The normalized spacial score (nSPS) is 11.0. The van der Waals surface area contributed by atoms with E-state index < -0.39 is 0 Å². The highest BCUT2D eigenvalue weighted by atomic mass is 15.4. The van der Waals surface area contributed by atoms with Crippen LogP contribution in [0.15, 0.2) is 12.4 Å². The molecule has 0 aliphatic heterocycles. The summed E-state index contributed by atoms with van der Waals surface area (Å²) in [6.45, 7) is 11.0. The van der Waals surface area contributed by atoms with E-state index in [1.54, 1.807) is 0 Å². The highest BCUT2D eigenvalue weighted by molar-refractivity contribution is 4.94. The summed E-state index contributed by atoms with van der Waals surface area (Å²) in [5.74, 6) is 1.10. The standard InChI is InChI=1S/C12H24N4/c1-4-12-13-9-11-16(12)14-8-7-10-15(5-2)6-3/h9,11,14H,4-8,10H2,1-3H3. The molecule has 0 bridgehead atoms. The Morgan fingerprint density at radius 2 is 2.06 bits per heavy atom. The van der Waals surface area contributed by atoms with Crippen LogP contribution in [0.25, 0.3) is 0 Å². The number of nitrogens with zero attached hydrogens (tertiary/aromatic N) is 3. The molecule has 4 nitrogen and oxygen atoms in total. The second-order valence-electron chi connectivity index (χ2n) is 3.86. The van der Waals surface area contributed by atoms with Crippen LogP contribution >= 0.6 is 0 Å². The van der Waals surface area contributed by atoms with Crippen molar-refractivity contribution in [2.75, 3.05) is 31.6 Å². The summed E-state index contributed by atoms with van der Waals surface area (Å²) in [7, 11) is 0. The summed E-state index contributed by atoms with van der Waals surface area (Å²) >= 11 is 0. The molecule has 0 radical (unpaired) electrons. The summed E-state index contributed by atoms with van der Waals surface area (Å²) in [5, 5.41) is 0. The summed E-state index contributed by atoms with van der Waals surface area (Å²) in [6.07, 6.45) is 5.96. The number of aromatic nitrogens is 2. The zero-order valence-corrected chi connectivity index (χ0v) is 10.7. The molecule has 4 heteroatoms. The van der Waals surface area contributed by atoms with Gasteiger partial charge in [-0.25, -0.2) is 4.98 Å². The Bertz CT molecular complexity index is 278. The lowest BCUT2D eigenvalue weighted by atomic mass is 10.4. The maximum Gasteiger partial charge on any atom is 0.126 e. The fourth-order valence-electron chi connectivity index (χ4n) is 1.78. The molecule has 1 aromatic rings. The predicted molar refractivity (Wildman–Crippen MR) is 68.2 cm³/mol. The van der Waals surface area contributed by atoms with Crippen molar-refractivity contribution < 1.29 is 0 Å². The average Bonchev–Trinajstić information content (AvgIpc) is 2.77. The van der Waals surface area contributed by atoms with Crippen molar-refractivity contribution in [3.8, 4) is 0 Å². The van der Waals surface area contributed by atoms with E-state index in [0.29, 0.717) is 0 Å². The minimum Gasteiger partial charge on any atom is -0.325 e. The van der Waals surface area contributed by atoms with Crippen LogP contribution in [-0.2, 0) is 6.42 Å². The average molecular weight is 224 g/mol. The Balaban J connectivity index is 2.20. The summed E-state index contributed by atoms with van der Waals surface area (Å²) in [5.41, 5.74) is 3.38. The quantitative estimate of drug-likeness (QED) is 0.683. The molecule has 16 heavy (non-hydrogen) atoms. The van der Waals surface area contributed by atoms with E-state index in [1.807, 2.05) is 17.1 Å². The van der Waals surface area contributed by atoms with E-state index in [0.717, 1.165) is 38.4 Å². The summed E-state index contributed by atoms with van der Waals surface area (Å²) in [6, 6.07) is 0. The zero-order chi connectivity index (χ0) is 11.8. The molecule has 0 aliphatic carbocycles. The molecule has 0 saturated carbocycles. The minimum absolute atomic E-state index is 0.968. The minimum atomic E-state index is 0.968. The van der Waals surface area contributed by atoms with Gasteiger partial charge in [-0.1, -0.05) is 20.8 Å². The predicted octanol–water partition coefficient (Wildman–Crippen LogP) is 1.72. The number of rotatable bonds is 8. The van der Waals surface area contributed by atoms with E-state index in [1.165, 1.54) is 6.42 Å². The van der Waals surface area contributed by atoms with Gasteiger partial charge in [0.2, 0.25) is 0 Å². The highest BCUT2D eigenvalue weighted by Crippen LogP contribution is 1.96. The van der Waals surface area contributed by atoms with E-state index in [9.17, 15) is 0 Å². The first-order valence-corrected chi connectivity index (χ1v) is 6.30. The third-order valence-electron chi connectivity index (χ3n) is 2.86. The van der Waals surface area contributed by atoms with Crippen LogP contribution in [0.3, 0.4) is 0 Å². The largest absolute Gasteiger partial charge is 0.325 e. The smallest absolute Gasteiger partial charge is 0.126 e. The van der Waals surface area contributed by atoms with Gasteiger partial charge >= 0.3 is 0 Å². The molecule has 1 rings (SSSR count). The van der Waals surface area contributed by atoms with Crippen LogP contribution in [0.2, 0.25) is 0 Å². The first-order chi connectivity index (χ1) is 7.81. The molecule has 1 aromatic heterocycles. The lowest BCUT2D eigenvalue weighted by Gasteiger charge is -2.18. The van der Waals surface area contributed by atoms with Crippen molar-refractivity contribution in [3.05, 3.63) is 18.2 Å². The van der Waals surface area contributed by atoms with Crippen LogP contribution in [0, 0.1) is 0 Å². The van der Waals surface area contributed by atoms with E-state index in [4.69, 9.17) is 0 Å². The molecule has 0 saturated heterocycles. The van der Waals surface area contributed by atoms with Crippen molar-refractivity contribution >= 4 is 0 Å². The number of hydrogen-bond acceptors (Lipinski definition) is 3. The number of nitrogens with one attached hydrogen (secondary N) is 1. The van der Waals surface area contributed by atoms with Gasteiger partial charge in [0.1, 0.15) is 5.82 Å². The van der Waals surface area contributed by atoms with Gasteiger partial charge < -0.3 is 10.3 Å². The summed E-state index contributed by atoms with van der Waals surface area (Å²) < 4.78 is 2.03.